The van der Waals surface area contributed by atoms with Gasteiger partial charge in [-0.2, -0.15) is 0 Å². The van der Waals surface area contributed by atoms with Gasteiger partial charge in [0.2, 0.25) is 0 Å². The SMILES string of the molecule is Cc1cccc([C@@H]2C[C@H]2NC(=O)OC(C)(C)C)c1. The summed E-state index contributed by atoms with van der Waals surface area (Å²) in [6.45, 7) is 7.70. The molecule has 0 saturated heterocycles. The molecule has 3 heteroatoms. The van der Waals surface area contributed by atoms with Gasteiger partial charge in [0.15, 0.2) is 0 Å². The quantitative estimate of drug-likeness (QED) is 0.870. The van der Waals surface area contributed by atoms with Crippen LogP contribution in [0.5, 0.6) is 0 Å². The van der Waals surface area contributed by atoms with E-state index in [1.54, 1.807) is 0 Å². The molecular weight excluding hydrogens is 226 g/mol. The van der Waals surface area contributed by atoms with Gasteiger partial charge in [-0.1, -0.05) is 29.8 Å². The highest BCUT2D eigenvalue weighted by molar-refractivity contribution is 5.69. The second kappa shape index (κ2) is 4.63. The molecule has 1 N–H and O–H groups in total. The monoisotopic (exact) mass is 247 g/mol. The van der Waals surface area contributed by atoms with Crippen LogP contribution < -0.4 is 5.32 Å². The van der Waals surface area contributed by atoms with Crippen molar-refractivity contribution in [1.82, 2.24) is 5.32 Å². The van der Waals surface area contributed by atoms with Gasteiger partial charge in [-0.15, -0.1) is 0 Å². The Hall–Kier alpha value is -1.51. The highest BCUT2D eigenvalue weighted by atomic mass is 16.6. The fraction of sp³-hybridized carbons (Fsp3) is 0.533. The Morgan fingerprint density at radius 2 is 2.11 bits per heavy atom. The number of carbonyl (C=O) groups is 1. The first-order chi connectivity index (χ1) is 8.35. The van der Waals surface area contributed by atoms with E-state index >= 15 is 0 Å². The number of hydrogen-bond donors (Lipinski definition) is 1. The summed E-state index contributed by atoms with van der Waals surface area (Å²) in [5.74, 6) is 0.442. The van der Waals surface area contributed by atoms with E-state index in [1.807, 2.05) is 20.8 Å². The van der Waals surface area contributed by atoms with Crippen molar-refractivity contribution in [3.63, 3.8) is 0 Å². The number of rotatable bonds is 2. The van der Waals surface area contributed by atoms with Crippen LogP contribution in [0.25, 0.3) is 0 Å². The molecule has 0 bridgehead atoms. The summed E-state index contributed by atoms with van der Waals surface area (Å²) in [7, 11) is 0. The topological polar surface area (TPSA) is 38.3 Å². The van der Waals surface area contributed by atoms with Crippen LogP contribution in [0.1, 0.15) is 44.2 Å². The van der Waals surface area contributed by atoms with Crippen LogP contribution in [0.15, 0.2) is 24.3 Å². The molecule has 3 nitrogen and oxygen atoms in total. The molecule has 1 saturated carbocycles. The summed E-state index contributed by atoms with van der Waals surface area (Å²) in [4.78, 5) is 11.6. The molecule has 0 spiro atoms. The van der Waals surface area contributed by atoms with Crippen LogP contribution in [-0.4, -0.2) is 17.7 Å². The molecule has 0 unspecified atom stereocenters. The zero-order chi connectivity index (χ0) is 13.3. The lowest BCUT2D eigenvalue weighted by atomic mass is 10.1. The standard InChI is InChI=1S/C15H21NO2/c1-10-6-5-7-11(8-10)12-9-13(12)16-14(17)18-15(2,3)4/h5-8,12-13H,9H2,1-4H3,(H,16,17)/t12-,13+/m0/s1. The third-order valence-electron chi connectivity index (χ3n) is 2.96. The van der Waals surface area contributed by atoms with E-state index in [-0.39, 0.29) is 12.1 Å². The van der Waals surface area contributed by atoms with Crippen molar-refractivity contribution in [3.8, 4) is 0 Å². The molecule has 2 rings (SSSR count). The molecule has 1 aromatic carbocycles. The number of carbonyl (C=O) groups excluding carboxylic acids is 1. The Labute approximate surface area is 109 Å². The molecule has 2 atom stereocenters. The first-order valence-electron chi connectivity index (χ1n) is 6.41. The van der Waals surface area contributed by atoms with Crippen LogP contribution in [0.4, 0.5) is 4.79 Å². The highest BCUT2D eigenvalue weighted by Gasteiger charge is 2.40. The third kappa shape index (κ3) is 3.49. The molecule has 1 aliphatic rings. The van der Waals surface area contributed by atoms with E-state index in [0.29, 0.717) is 5.92 Å². The number of amides is 1. The third-order valence-corrected chi connectivity index (χ3v) is 2.96. The minimum atomic E-state index is -0.433. The number of alkyl carbamates (subject to hydrolysis) is 1. The van der Waals surface area contributed by atoms with Gasteiger partial charge in [-0.05, 0) is 39.7 Å². The molecule has 0 radical (unpaired) electrons. The molecule has 0 aromatic heterocycles. The number of benzene rings is 1. The number of aryl methyl sites for hydroxylation is 1. The molecule has 1 aliphatic carbocycles. The molecular formula is C15H21NO2. The van der Waals surface area contributed by atoms with Gasteiger partial charge in [0, 0.05) is 12.0 Å². The van der Waals surface area contributed by atoms with Crippen molar-refractivity contribution in [3.05, 3.63) is 35.4 Å². The second-order valence-corrected chi connectivity index (χ2v) is 6.01. The van der Waals surface area contributed by atoms with E-state index < -0.39 is 5.60 Å². The van der Waals surface area contributed by atoms with Crippen LogP contribution in [0, 0.1) is 6.92 Å². The first-order valence-corrected chi connectivity index (χ1v) is 6.41. The fourth-order valence-electron chi connectivity index (χ4n) is 2.08. The maximum absolute atomic E-state index is 11.6. The zero-order valence-electron chi connectivity index (χ0n) is 11.5. The van der Waals surface area contributed by atoms with Gasteiger partial charge in [0.1, 0.15) is 5.60 Å². The first kappa shape index (κ1) is 12.9. The number of nitrogens with one attached hydrogen (secondary N) is 1. The number of hydrogen-bond acceptors (Lipinski definition) is 2. The van der Waals surface area contributed by atoms with E-state index in [9.17, 15) is 4.79 Å². The Kier molecular flexibility index (Phi) is 3.33. The summed E-state index contributed by atoms with van der Waals surface area (Å²) < 4.78 is 5.25. The summed E-state index contributed by atoms with van der Waals surface area (Å²) in [5, 5.41) is 2.92. The summed E-state index contributed by atoms with van der Waals surface area (Å²) in [6.07, 6.45) is 0.686. The van der Waals surface area contributed by atoms with E-state index in [1.165, 1.54) is 11.1 Å². The molecule has 1 fully saturated rings. The Morgan fingerprint density at radius 3 is 2.72 bits per heavy atom. The maximum atomic E-state index is 11.6. The molecule has 0 aliphatic heterocycles. The van der Waals surface area contributed by atoms with Gasteiger partial charge in [-0.25, -0.2) is 4.79 Å². The lowest BCUT2D eigenvalue weighted by Gasteiger charge is -2.19. The van der Waals surface area contributed by atoms with E-state index in [2.05, 4.69) is 36.5 Å². The molecule has 1 aromatic rings. The average molecular weight is 247 g/mol. The minimum absolute atomic E-state index is 0.224. The van der Waals surface area contributed by atoms with Gasteiger partial charge in [0.05, 0.1) is 0 Å². The number of ether oxygens (including phenoxy) is 1. The van der Waals surface area contributed by atoms with Crippen LogP contribution in [0.3, 0.4) is 0 Å². The molecule has 98 valence electrons. The normalized spacial score (nSPS) is 22.4. The Balaban J connectivity index is 1.87. The predicted molar refractivity (Wildman–Crippen MR) is 71.7 cm³/mol. The van der Waals surface area contributed by atoms with Crippen LogP contribution in [0.2, 0.25) is 0 Å². The largest absolute Gasteiger partial charge is 0.444 e. The zero-order valence-corrected chi connectivity index (χ0v) is 11.5. The lowest BCUT2D eigenvalue weighted by Crippen LogP contribution is -2.34. The van der Waals surface area contributed by atoms with Crippen molar-refractivity contribution in [2.75, 3.05) is 0 Å². The predicted octanol–water partition coefficient (Wildman–Crippen LogP) is 3.38. The van der Waals surface area contributed by atoms with Crippen molar-refractivity contribution < 1.29 is 9.53 Å². The van der Waals surface area contributed by atoms with Crippen molar-refractivity contribution in [1.29, 1.82) is 0 Å². The van der Waals surface area contributed by atoms with E-state index in [0.717, 1.165) is 6.42 Å². The molecule has 1 amide bonds. The van der Waals surface area contributed by atoms with Crippen molar-refractivity contribution >= 4 is 6.09 Å². The van der Waals surface area contributed by atoms with Gasteiger partial charge in [-0.3, -0.25) is 0 Å². The van der Waals surface area contributed by atoms with Gasteiger partial charge < -0.3 is 10.1 Å². The van der Waals surface area contributed by atoms with E-state index in [4.69, 9.17) is 4.74 Å². The average Bonchev–Trinajstić information content (AvgIpc) is 2.93. The molecule has 18 heavy (non-hydrogen) atoms. The highest BCUT2D eigenvalue weighted by Crippen LogP contribution is 2.41. The fourth-order valence-corrected chi connectivity index (χ4v) is 2.08. The summed E-state index contributed by atoms with van der Waals surface area (Å²) in [5.41, 5.74) is 2.13. The van der Waals surface area contributed by atoms with Crippen molar-refractivity contribution in [2.45, 2.75) is 51.7 Å². The van der Waals surface area contributed by atoms with Crippen LogP contribution >= 0.6 is 0 Å². The minimum Gasteiger partial charge on any atom is -0.444 e. The van der Waals surface area contributed by atoms with Crippen molar-refractivity contribution in [2.24, 2.45) is 0 Å². The maximum Gasteiger partial charge on any atom is 0.407 e. The van der Waals surface area contributed by atoms with Gasteiger partial charge >= 0.3 is 6.09 Å². The lowest BCUT2D eigenvalue weighted by molar-refractivity contribution is 0.0523. The summed E-state index contributed by atoms with van der Waals surface area (Å²) >= 11 is 0. The van der Waals surface area contributed by atoms with Crippen LogP contribution in [-0.2, 0) is 4.74 Å². The Bertz CT molecular complexity index is 448. The second-order valence-electron chi connectivity index (χ2n) is 6.01. The summed E-state index contributed by atoms with van der Waals surface area (Å²) in [6, 6.07) is 8.67. The molecule has 0 heterocycles. The van der Waals surface area contributed by atoms with Gasteiger partial charge in [0.25, 0.3) is 0 Å². The smallest absolute Gasteiger partial charge is 0.407 e. The Morgan fingerprint density at radius 1 is 1.39 bits per heavy atom.